The summed E-state index contributed by atoms with van der Waals surface area (Å²) >= 11 is 0. The molecule has 4 aromatic rings. The number of rotatable bonds is 11. The highest BCUT2D eigenvalue weighted by Crippen LogP contribution is 2.40. The van der Waals surface area contributed by atoms with Gasteiger partial charge in [0.2, 0.25) is 17.7 Å². The van der Waals surface area contributed by atoms with Gasteiger partial charge in [-0.05, 0) is 129 Å². The number of unbranched alkanes of at least 4 members (excludes halogenated alkanes) is 1. The Bertz CT molecular complexity index is 2230. The second kappa shape index (κ2) is 21.0. The minimum atomic E-state index is -0.226. The normalized spacial score (nSPS) is 16.3. The molecule has 5 heterocycles. The van der Waals surface area contributed by atoms with Crippen LogP contribution in [0.25, 0.3) is 6.08 Å². The van der Waals surface area contributed by atoms with Gasteiger partial charge in [-0.3, -0.25) is 38.8 Å². The molecule has 2 saturated heterocycles. The third kappa shape index (κ3) is 12.3. The van der Waals surface area contributed by atoms with E-state index in [1.165, 1.54) is 4.90 Å². The molecule has 3 aliphatic heterocycles. The van der Waals surface area contributed by atoms with Gasteiger partial charge in [0.25, 0.3) is 11.8 Å². The van der Waals surface area contributed by atoms with E-state index in [-0.39, 0.29) is 52.2 Å². The van der Waals surface area contributed by atoms with Crippen LogP contribution in [-0.4, -0.2) is 98.6 Å². The summed E-state index contributed by atoms with van der Waals surface area (Å²) in [6.45, 7) is 16.7. The van der Waals surface area contributed by atoms with Gasteiger partial charge >= 0.3 is 0 Å². The van der Waals surface area contributed by atoms with E-state index < -0.39 is 0 Å². The Morgan fingerprint density at radius 3 is 1.56 bits per heavy atom. The minimum Gasteiger partial charge on any atom is -0.507 e. The van der Waals surface area contributed by atoms with Crippen molar-refractivity contribution in [3.63, 3.8) is 0 Å². The zero-order valence-electron chi connectivity index (χ0n) is 38.1. The highest BCUT2D eigenvalue weighted by molar-refractivity contribution is 6.21. The van der Waals surface area contributed by atoms with Gasteiger partial charge < -0.3 is 25.5 Å². The maximum atomic E-state index is 12.9. The number of carbonyl (C=O) groups excluding carboxylic acids is 5. The van der Waals surface area contributed by atoms with Crippen LogP contribution >= 0.6 is 0 Å². The highest BCUT2D eigenvalue weighted by Gasteiger charge is 2.35. The molecule has 5 amide bonds. The molecule has 3 aliphatic rings. The van der Waals surface area contributed by atoms with Crippen molar-refractivity contribution in [2.24, 2.45) is 11.8 Å². The van der Waals surface area contributed by atoms with Crippen molar-refractivity contribution in [3.05, 3.63) is 119 Å². The van der Waals surface area contributed by atoms with E-state index in [4.69, 9.17) is 0 Å². The van der Waals surface area contributed by atoms with E-state index in [0.29, 0.717) is 49.4 Å². The maximum absolute atomic E-state index is 12.9. The Kier molecular flexibility index (Phi) is 15.5. The van der Waals surface area contributed by atoms with Gasteiger partial charge in [0.15, 0.2) is 0 Å². The monoisotopic (exact) mass is 869 g/mol. The average molecular weight is 870 g/mol. The summed E-state index contributed by atoms with van der Waals surface area (Å²) < 4.78 is 0. The largest absolute Gasteiger partial charge is 0.507 e. The number of nitrogens with zero attached hydrogens (tertiary/aromatic N) is 5. The first-order valence-electron chi connectivity index (χ1n) is 22.4. The van der Waals surface area contributed by atoms with E-state index in [9.17, 15) is 29.1 Å². The molecule has 2 aromatic heterocycles. The van der Waals surface area contributed by atoms with Crippen LogP contribution in [0.5, 0.6) is 5.75 Å². The van der Waals surface area contributed by atoms with Crippen LogP contribution in [-0.2, 0) is 25.2 Å². The minimum absolute atomic E-state index is 0.0117. The number of imide groups is 1. The number of phenolic OH excluding ortho intramolecular Hbond substituents is 1. The lowest BCUT2D eigenvalue weighted by molar-refractivity contribution is -0.130. The fourth-order valence-corrected chi connectivity index (χ4v) is 8.36. The predicted molar refractivity (Wildman–Crippen MR) is 250 cm³/mol. The standard InChI is InChI=1S/C28H37N3O3.C23H26N4O3/c1-27(2,3)22-17-19(18-23(25(22)33)28(4,5)6)7-8-24(32)31-15-11-20(12-16-31)26(34)30-21-9-13-29-14-10-21;28-21(25-18-7-11-24-12-8-18)17-9-15-26(16-10-17)13-3-4-14-27-22(29)19-5-1-2-6-20(19)23(27)30/h7-10,13-14,17-18,20,33H,11-12,15-16H2,1-6H3,(H,29,30,34);1-2,5-8,11-12,17H,3-4,9-10,13-16H2,(H,24,25,28)/b8-7+;. The lowest BCUT2D eigenvalue weighted by atomic mass is 9.78. The van der Waals surface area contributed by atoms with E-state index in [1.54, 1.807) is 84.3 Å². The molecule has 3 N–H and O–H groups in total. The molecule has 2 fully saturated rings. The van der Waals surface area contributed by atoms with Gasteiger partial charge in [-0.2, -0.15) is 0 Å². The van der Waals surface area contributed by atoms with Crippen LogP contribution in [0.3, 0.4) is 0 Å². The maximum Gasteiger partial charge on any atom is 0.261 e. The van der Waals surface area contributed by atoms with Crippen LogP contribution < -0.4 is 10.6 Å². The molecule has 13 nitrogen and oxygen atoms in total. The first-order valence-corrected chi connectivity index (χ1v) is 22.4. The molecule has 338 valence electrons. The molecule has 0 saturated carbocycles. The molecular formula is C51H63N7O6. The van der Waals surface area contributed by atoms with Gasteiger partial charge in [-0.25, -0.2) is 0 Å². The number of piperidine rings is 2. The number of benzene rings is 2. The van der Waals surface area contributed by atoms with Crippen LogP contribution in [0.15, 0.2) is 91.5 Å². The van der Waals surface area contributed by atoms with Crippen molar-refractivity contribution in [3.8, 4) is 5.75 Å². The van der Waals surface area contributed by atoms with E-state index in [2.05, 4.69) is 67.0 Å². The van der Waals surface area contributed by atoms with Crippen LogP contribution in [0.4, 0.5) is 11.4 Å². The predicted octanol–water partition coefficient (Wildman–Crippen LogP) is 8.08. The fraction of sp³-hybridized carbons (Fsp3) is 0.431. The second-order valence-corrected chi connectivity index (χ2v) is 19.0. The van der Waals surface area contributed by atoms with Crippen molar-refractivity contribution in [2.45, 2.75) is 90.9 Å². The molecule has 2 aromatic carbocycles. The highest BCUT2D eigenvalue weighted by atomic mass is 16.3. The number of pyridine rings is 2. The fourth-order valence-electron chi connectivity index (χ4n) is 8.36. The number of likely N-dealkylation sites (tertiary alicyclic amines) is 2. The number of fused-ring (bicyclic) bond motifs is 1. The first kappa shape index (κ1) is 47.3. The Morgan fingerprint density at radius 2 is 1.11 bits per heavy atom. The quantitative estimate of drug-likeness (QED) is 0.0768. The summed E-state index contributed by atoms with van der Waals surface area (Å²) in [5, 5.41) is 16.8. The third-order valence-electron chi connectivity index (χ3n) is 12.2. The van der Waals surface area contributed by atoms with Gasteiger partial charge in [0.1, 0.15) is 5.75 Å². The molecular weight excluding hydrogens is 807 g/mol. The Hall–Kier alpha value is -6.21. The number of hydrogen-bond acceptors (Lipinski definition) is 9. The number of amides is 5. The van der Waals surface area contributed by atoms with Crippen molar-refractivity contribution in [1.82, 2.24) is 24.7 Å². The van der Waals surface area contributed by atoms with E-state index in [1.807, 2.05) is 18.2 Å². The number of anilines is 2. The summed E-state index contributed by atoms with van der Waals surface area (Å²) in [6, 6.07) is 18.0. The lowest BCUT2D eigenvalue weighted by Crippen LogP contribution is -2.40. The van der Waals surface area contributed by atoms with Gasteiger partial charge in [0, 0.05) is 84.8 Å². The first-order chi connectivity index (χ1) is 30.5. The number of aromatic hydroxyl groups is 1. The molecule has 64 heavy (non-hydrogen) atoms. The number of hydrogen-bond donors (Lipinski definition) is 3. The Morgan fingerprint density at radius 1 is 0.672 bits per heavy atom. The Balaban J connectivity index is 0.000000214. The molecule has 0 atom stereocenters. The number of phenols is 1. The van der Waals surface area contributed by atoms with Crippen LogP contribution in [0.2, 0.25) is 0 Å². The van der Waals surface area contributed by atoms with Gasteiger partial charge in [-0.15, -0.1) is 0 Å². The van der Waals surface area contributed by atoms with Crippen LogP contribution in [0.1, 0.15) is 117 Å². The Labute approximate surface area is 377 Å². The third-order valence-corrected chi connectivity index (χ3v) is 12.2. The summed E-state index contributed by atoms with van der Waals surface area (Å²) in [5.74, 6) is -0.108. The topological polar surface area (TPSA) is 165 Å². The SMILES string of the molecule is CC(C)(C)c1cc(/C=C/C(=O)N2CCC(C(=O)Nc3ccncc3)CC2)cc(C(C)(C)C)c1O.O=C(Nc1ccncc1)C1CCN(CCCCN2C(=O)c3ccccc3C2=O)CC1. The molecule has 0 bridgehead atoms. The van der Waals surface area contributed by atoms with Crippen molar-refractivity contribution < 1.29 is 29.1 Å². The molecule has 13 heteroatoms. The lowest BCUT2D eigenvalue weighted by Gasteiger charge is -2.31. The number of nitrogens with one attached hydrogen (secondary N) is 2. The van der Waals surface area contributed by atoms with Crippen molar-refractivity contribution in [2.75, 3.05) is 49.9 Å². The summed E-state index contributed by atoms with van der Waals surface area (Å²) in [7, 11) is 0. The number of carbonyl (C=O) groups is 5. The smallest absolute Gasteiger partial charge is 0.261 e. The molecule has 0 aliphatic carbocycles. The zero-order valence-corrected chi connectivity index (χ0v) is 38.1. The summed E-state index contributed by atoms with van der Waals surface area (Å²) in [4.78, 5) is 76.0. The molecule has 0 unspecified atom stereocenters. The van der Waals surface area contributed by atoms with Crippen LogP contribution in [0, 0.1) is 11.8 Å². The van der Waals surface area contributed by atoms with Crippen molar-refractivity contribution in [1.29, 1.82) is 0 Å². The van der Waals surface area contributed by atoms with E-state index >= 15 is 0 Å². The average Bonchev–Trinajstić information content (AvgIpc) is 3.52. The number of aromatic nitrogens is 2. The molecule has 0 spiro atoms. The summed E-state index contributed by atoms with van der Waals surface area (Å²) in [5.41, 5.74) is 4.72. The van der Waals surface area contributed by atoms with Gasteiger partial charge in [-0.1, -0.05) is 53.7 Å². The van der Waals surface area contributed by atoms with Gasteiger partial charge in [0.05, 0.1) is 11.1 Å². The summed E-state index contributed by atoms with van der Waals surface area (Å²) in [6.07, 6.45) is 14.7. The molecule has 7 rings (SSSR count). The second-order valence-electron chi connectivity index (χ2n) is 19.0. The molecule has 0 radical (unpaired) electrons. The van der Waals surface area contributed by atoms with E-state index in [0.717, 1.165) is 73.4 Å². The van der Waals surface area contributed by atoms with Crippen molar-refractivity contribution >= 4 is 47.0 Å². The zero-order chi connectivity index (χ0) is 46.0.